The molecule has 2 aromatic carbocycles. The van der Waals surface area contributed by atoms with Crippen LogP contribution in [0.3, 0.4) is 0 Å². The number of nitrogens with zero attached hydrogens (tertiary/aromatic N) is 1. The summed E-state index contributed by atoms with van der Waals surface area (Å²) >= 11 is 0. The minimum Gasteiger partial charge on any atom is -0.354 e. The molecule has 0 saturated carbocycles. The van der Waals surface area contributed by atoms with Crippen LogP contribution in [-0.2, 0) is 0 Å². The molecule has 0 aliphatic carbocycles. The van der Waals surface area contributed by atoms with Crippen LogP contribution in [0, 0.1) is 30.6 Å². The van der Waals surface area contributed by atoms with E-state index in [0.29, 0.717) is 5.56 Å². The third-order valence-electron chi connectivity index (χ3n) is 2.69. The van der Waals surface area contributed by atoms with E-state index in [1.807, 2.05) is 43.3 Å². The van der Waals surface area contributed by atoms with Crippen LogP contribution in [0.5, 0.6) is 0 Å². The number of hydrogen-bond acceptors (Lipinski definition) is 2. The summed E-state index contributed by atoms with van der Waals surface area (Å²) in [7, 11) is 0. The summed E-state index contributed by atoms with van der Waals surface area (Å²) in [6.45, 7) is 1.97. The number of aryl methyl sites for hydroxylation is 1. The monoisotopic (exact) mass is 232 g/mol. The van der Waals surface area contributed by atoms with E-state index < -0.39 is 0 Å². The lowest BCUT2D eigenvalue weighted by atomic mass is 10.1. The molecule has 0 aliphatic rings. The predicted molar refractivity (Wildman–Crippen MR) is 73.6 cm³/mol. The van der Waals surface area contributed by atoms with Gasteiger partial charge in [-0.3, -0.25) is 0 Å². The normalized spacial score (nSPS) is 9.28. The van der Waals surface area contributed by atoms with Crippen LogP contribution in [0.1, 0.15) is 16.7 Å². The fourth-order valence-corrected chi connectivity index (χ4v) is 1.76. The summed E-state index contributed by atoms with van der Waals surface area (Å²) in [4.78, 5) is 0. The zero-order valence-electron chi connectivity index (χ0n) is 10.1. The second-order valence-electron chi connectivity index (χ2n) is 3.96. The van der Waals surface area contributed by atoms with Crippen molar-refractivity contribution in [2.75, 3.05) is 5.32 Å². The summed E-state index contributed by atoms with van der Waals surface area (Å²) in [6, 6.07) is 15.4. The highest BCUT2D eigenvalue weighted by Crippen LogP contribution is 2.24. The smallest absolute Gasteiger partial charge is 0.101 e. The third-order valence-corrected chi connectivity index (χ3v) is 2.69. The van der Waals surface area contributed by atoms with Crippen molar-refractivity contribution in [3.8, 4) is 18.4 Å². The Kier molecular flexibility index (Phi) is 3.32. The Balaban J connectivity index is 2.41. The largest absolute Gasteiger partial charge is 0.354 e. The van der Waals surface area contributed by atoms with Gasteiger partial charge in [-0.25, -0.2) is 0 Å². The van der Waals surface area contributed by atoms with Gasteiger partial charge in [0, 0.05) is 11.3 Å². The molecular weight excluding hydrogens is 220 g/mol. The molecule has 2 aromatic rings. The molecule has 18 heavy (non-hydrogen) atoms. The predicted octanol–water partition coefficient (Wildman–Crippen LogP) is 3.59. The van der Waals surface area contributed by atoms with Crippen LogP contribution in [0.4, 0.5) is 11.4 Å². The minimum absolute atomic E-state index is 0.626. The van der Waals surface area contributed by atoms with E-state index in [0.717, 1.165) is 22.5 Å². The number of anilines is 2. The van der Waals surface area contributed by atoms with E-state index in [9.17, 15) is 0 Å². The number of hydrogen-bond donors (Lipinski definition) is 1. The van der Waals surface area contributed by atoms with Crippen LogP contribution in [0.15, 0.2) is 42.5 Å². The van der Waals surface area contributed by atoms with Gasteiger partial charge >= 0.3 is 0 Å². The summed E-state index contributed by atoms with van der Waals surface area (Å²) in [5, 5.41) is 12.3. The number of benzene rings is 2. The summed E-state index contributed by atoms with van der Waals surface area (Å²) in [5.74, 6) is 2.59. The standard InChI is InChI=1S/C16H12N2/c1-3-13-7-5-9-15(10-13)18-16-12(2)6-4-8-14(16)11-17/h1,4-10,18H,2H3. The molecular formula is C16H12N2. The average molecular weight is 232 g/mol. The van der Waals surface area contributed by atoms with Crippen molar-refractivity contribution in [3.63, 3.8) is 0 Å². The van der Waals surface area contributed by atoms with Crippen molar-refractivity contribution >= 4 is 11.4 Å². The summed E-state index contributed by atoms with van der Waals surface area (Å²) < 4.78 is 0. The molecule has 1 N–H and O–H groups in total. The molecule has 0 radical (unpaired) electrons. The Labute approximate surface area is 107 Å². The number of para-hydroxylation sites is 1. The van der Waals surface area contributed by atoms with Crippen LogP contribution >= 0.6 is 0 Å². The second-order valence-corrected chi connectivity index (χ2v) is 3.96. The van der Waals surface area contributed by atoms with Gasteiger partial charge in [-0.2, -0.15) is 5.26 Å². The SMILES string of the molecule is C#Cc1cccc(Nc2c(C)cccc2C#N)c1. The maximum Gasteiger partial charge on any atom is 0.101 e. The van der Waals surface area contributed by atoms with Gasteiger partial charge in [-0.15, -0.1) is 6.42 Å². The van der Waals surface area contributed by atoms with Crippen molar-refractivity contribution < 1.29 is 0 Å². The van der Waals surface area contributed by atoms with Crippen LogP contribution in [0.25, 0.3) is 0 Å². The van der Waals surface area contributed by atoms with Crippen molar-refractivity contribution in [1.29, 1.82) is 5.26 Å². The van der Waals surface area contributed by atoms with Crippen molar-refractivity contribution in [1.82, 2.24) is 0 Å². The number of terminal acetylenes is 1. The molecule has 2 heteroatoms. The van der Waals surface area contributed by atoms with Crippen LogP contribution < -0.4 is 5.32 Å². The molecule has 0 saturated heterocycles. The van der Waals surface area contributed by atoms with E-state index in [1.165, 1.54) is 0 Å². The average Bonchev–Trinajstić information content (AvgIpc) is 2.41. The van der Waals surface area contributed by atoms with Gasteiger partial charge in [0.15, 0.2) is 0 Å². The zero-order chi connectivity index (χ0) is 13.0. The number of rotatable bonds is 2. The Morgan fingerprint density at radius 2 is 1.94 bits per heavy atom. The topological polar surface area (TPSA) is 35.8 Å². The molecule has 0 aromatic heterocycles. The zero-order valence-corrected chi connectivity index (χ0v) is 10.1. The first-order chi connectivity index (χ1) is 8.74. The van der Waals surface area contributed by atoms with Gasteiger partial charge in [-0.05, 0) is 36.8 Å². The first-order valence-electron chi connectivity index (χ1n) is 5.58. The highest BCUT2D eigenvalue weighted by atomic mass is 14.9. The lowest BCUT2D eigenvalue weighted by Crippen LogP contribution is -1.96. The molecule has 0 amide bonds. The van der Waals surface area contributed by atoms with Gasteiger partial charge in [-0.1, -0.05) is 24.1 Å². The summed E-state index contributed by atoms with van der Waals surface area (Å²) in [6.07, 6.45) is 5.37. The quantitative estimate of drug-likeness (QED) is 0.803. The molecule has 0 aliphatic heterocycles. The lowest BCUT2D eigenvalue weighted by Gasteiger charge is -2.11. The van der Waals surface area contributed by atoms with E-state index >= 15 is 0 Å². The third kappa shape index (κ3) is 2.34. The molecule has 2 nitrogen and oxygen atoms in total. The molecule has 86 valence electrons. The van der Waals surface area contributed by atoms with Crippen molar-refractivity contribution in [2.45, 2.75) is 6.92 Å². The molecule has 0 spiro atoms. The molecule has 0 atom stereocenters. The van der Waals surface area contributed by atoms with Crippen LogP contribution in [0.2, 0.25) is 0 Å². The number of nitriles is 1. The van der Waals surface area contributed by atoms with Gasteiger partial charge < -0.3 is 5.32 Å². The van der Waals surface area contributed by atoms with E-state index in [4.69, 9.17) is 11.7 Å². The van der Waals surface area contributed by atoms with E-state index in [2.05, 4.69) is 17.3 Å². The van der Waals surface area contributed by atoms with Gasteiger partial charge in [0.05, 0.1) is 11.3 Å². The maximum atomic E-state index is 9.10. The fourth-order valence-electron chi connectivity index (χ4n) is 1.76. The van der Waals surface area contributed by atoms with Gasteiger partial charge in [0.1, 0.15) is 6.07 Å². The Hall–Kier alpha value is -2.71. The number of nitrogens with one attached hydrogen (secondary N) is 1. The molecule has 0 bridgehead atoms. The van der Waals surface area contributed by atoms with E-state index in [-0.39, 0.29) is 0 Å². The van der Waals surface area contributed by atoms with Crippen molar-refractivity contribution in [3.05, 3.63) is 59.2 Å². The van der Waals surface area contributed by atoms with Gasteiger partial charge in [0.2, 0.25) is 0 Å². The van der Waals surface area contributed by atoms with Crippen molar-refractivity contribution in [2.24, 2.45) is 0 Å². The summed E-state index contributed by atoms with van der Waals surface area (Å²) in [5.41, 5.74) is 4.18. The minimum atomic E-state index is 0.626. The first-order valence-corrected chi connectivity index (χ1v) is 5.58. The lowest BCUT2D eigenvalue weighted by molar-refractivity contribution is 1.39. The first kappa shape index (κ1) is 11.8. The maximum absolute atomic E-state index is 9.10. The fraction of sp³-hybridized carbons (Fsp3) is 0.0625. The Bertz CT molecular complexity index is 658. The highest BCUT2D eigenvalue weighted by Gasteiger charge is 2.05. The second kappa shape index (κ2) is 5.08. The molecule has 0 fully saturated rings. The highest BCUT2D eigenvalue weighted by molar-refractivity contribution is 5.70. The van der Waals surface area contributed by atoms with Crippen LogP contribution in [-0.4, -0.2) is 0 Å². The molecule has 0 heterocycles. The molecule has 2 rings (SSSR count). The molecule has 0 unspecified atom stereocenters. The van der Waals surface area contributed by atoms with Gasteiger partial charge in [0.25, 0.3) is 0 Å². The Morgan fingerprint density at radius 3 is 2.67 bits per heavy atom. The van der Waals surface area contributed by atoms with E-state index in [1.54, 1.807) is 6.07 Å². The Morgan fingerprint density at radius 1 is 1.17 bits per heavy atom.